The van der Waals surface area contributed by atoms with Crippen molar-refractivity contribution in [3.05, 3.63) is 93.9 Å². The number of H-pyrrole nitrogens is 1. The maximum Gasteiger partial charge on any atom is 0.315 e. The van der Waals surface area contributed by atoms with E-state index in [1.807, 2.05) is 50.5 Å². The van der Waals surface area contributed by atoms with E-state index in [9.17, 15) is 4.79 Å². The largest absolute Gasteiger partial charge is 0.334 e. The molecule has 0 unspecified atom stereocenters. The van der Waals surface area contributed by atoms with E-state index in [-0.39, 0.29) is 6.54 Å². The van der Waals surface area contributed by atoms with Crippen LogP contribution in [0.5, 0.6) is 0 Å². The van der Waals surface area contributed by atoms with Crippen molar-refractivity contribution in [1.82, 2.24) is 50.6 Å². The summed E-state index contributed by atoms with van der Waals surface area (Å²) >= 11 is 12.7. The summed E-state index contributed by atoms with van der Waals surface area (Å²) in [4.78, 5) is 20.9. The smallest absolute Gasteiger partial charge is 0.315 e. The van der Waals surface area contributed by atoms with E-state index in [1.165, 1.54) is 11.0 Å². The highest BCUT2D eigenvalue weighted by molar-refractivity contribution is 6.32. The average molecular weight is 551 g/mol. The molecular formula is C25H24Cl2N10O. The van der Waals surface area contributed by atoms with Crippen LogP contribution in [0, 0.1) is 6.92 Å². The van der Waals surface area contributed by atoms with Gasteiger partial charge >= 0.3 is 6.03 Å². The Bertz CT molecular complexity index is 1540. The quantitative estimate of drug-likeness (QED) is 0.265. The number of aromatic amines is 1. The molecule has 2 amide bonds. The van der Waals surface area contributed by atoms with Crippen LogP contribution in [0.1, 0.15) is 28.7 Å². The third kappa shape index (κ3) is 5.84. The van der Waals surface area contributed by atoms with Crippen LogP contribution >= 0.6 is 23.2 Å². The maximum absolute atomic E-state index is 13.1. The van der Waals surface area contributed by atoms with Gasteiger partial charge < -0.3 is 15.6 Å². The van der Waals surface area contributed by atoms with Gasteiger partial charge in [0, 0.05) is 36.8 Å². The highest BCUT2D eigenvalue weighted by Gasteiger charge is 2.22. The molecule has 194 valence electrons. The second kappa shape index (κ2) is 11.0. The number of benzene rings is 2. The van der Waals surface area contributed by atoms with Crippen LogP contribution in [0.3, 0.4) is 0 Å². The molecular weight excluding hydrogens is 527 g/mol. The molecule has 0 aliphatic rings. The van der Waals surface area contributed by atoms with Gasteiger partial charge in [0.2, 0.25) is 0 Å². The number of rotatable bonds is 8. The zero-order valence-electron chi connectivity index (χ0n) is 20.6. The number of halogens is 2. The predicted molar refractivity (Wildman–Crippen MR) is 143 cm³/mol. The number of nitrogens with zero attached hydrogens (tertiary/aromatic N) is 7. The topological polar surface area (TPSA) is 131 Å². The molecule has 1 atom stereocenters. The molecule has 0 aliphatic heterocycles. The molecule has 0 saturated carbocycles. The van der Waals surface area contributed by atoms with Crippen LogP contribution in [0.2, 0.25) is 10.2 Å². The number of amides is 2. The number of aryl methyl sites for hydroxylation is 2. The van der Waals surface area contributed by atoms with E-state index < -0.39 is 12.1 Å². The summed E-state index contributed by atoms with van der Waals surface area (Å²) in [6.07, 6.45) is 3.72. The summed E-state index contributed by atoms with van der Waals surface area (Å²) in [5.41, 5.74) is 4.85. The number of nitrogens with one attached hydrogen (secondary N) is 3. The molecule has 13 heteroatoms. The van der Waals surface area contributed by atoms with Gasteiger partial charge in [-0.1, -0.05) is 53.0 Å². The minimum atomic E-state index is -0.528. The zero-order chi connectivity index (χ0) is 26.6. The molecule has 38 heavy (non-hydrogen) atoms. The van der Waals surface area contributed by atoms with Crippen LogP contribution in [0.25, 0.3) is 16.9 Å². The van der Waals surface area contributed by atoms with Gasteiger partial charge in [0.25, 0.3) is 0 Å². The first kappa shape index (κ1) is 25.4. The maximum atomic E-state index is 13.1. The van der Waals surface area contributed by atoms with Gasteiger partial charge in [-0.25, -0.2) is 14.5 Å². The second-order valence-electron chi connectivity index (χ2n) is 8.74. The summed E-state index contributed by atoms with van der Waals surface area (Å²) in [7, 11) is 1.84. The third-order valence-electron chi connectivity index (χ3n) is 5.90. The monoisotopic (exact) mass is 550 g/mol. The van der Waals surface area contributed by atoms with Gasteiger partial charge in [-0.15, -0.1) is 5.10 Å². The Morgan fingerprint density at radius 2 is 1.95 bits per heavy atom. The van der Waals surface area contributed by atoms with Crippen molar-refractivity contribution in [3.8, 4) is 16.9 Å². The first-order valence-electron chi connectivity index (χ1n) is 11.7. The number of imidazole rings is 1. The minimum absolute atomic E-state index is 0.186. The van der Waals surface area contributed by atoms with Gasteiger partial charge in [-0.3, -0.25) is 4.68 Å². The van der Waals surface area contributed by atoms with Crippen LogP contribution in [-0.2, 0) is 20.0 Å². The van der Waals surface area contributed by atoms with E-state index in [1.54, 1.807) is 22.9 Å². The van der Waals surface area contributed by atoms with E-state index in [0.29, 0.717) is 33.8 Å². The van der Waals surface area contributed by atoms with Crippen molar-refractivity contribution in [3.63, 3.8) is 0 Å². The lowest BCUT2D eigenvalue weighted by Crippen LogP contribution is -2.39. The Balaban J connectivity index is 1.36. The van der Waals surface area contributed by atoms with Crippen molar-refractivity contribution in [2.45, 2.75) is 25.9 Å². The van der Waals surface area contributed by atoms with Gasteiger partial charge in [-0.05, 0) is 47.2 Å². The summed E-state index contributed by atoms with van der Waals surface area (Å²) in [6, 6.07) is 14.1. The molecule has 0 radical (unpaired) electrons. The van der Waals surface area contributed by atoms with Crippen molar-refractivity contribution in [1.29, 1.82) is 0 Å². The summed E-state index contributed by atoms with van der Waals surface area (Å²) in [5, 5.41) is 22.6. The van der Waals surface area contributed by atoms with Crippen molar-refractivity contribution < 1.29 is 4.79 Å². The first-order chi connectivity index (χ1) is 18.4. The number of urea groups is 1. The van der Waals surface area contributed by atoms with Gasteiger partial charge in [0.05, 0.1) is 17.4 Å². The number of carbonyl (C=O) groups is 1. The average Bonchev–Trinajstić information content (AvgIpc) is 3.65. The van der Waals surface area contributed by atoms with Crippen LogP contribution in [-0.4, -0.2) is 46.0 Å². The van der Waals surface area contributed by atoms with Gasteiger partial charge in [0.15, 0.2) is 0 Å². The van der Waals surface area contributed by atoms with Crippen molar-refractivity contribution in [2.75, 3.05) is 0 Å². The number of hydrogen-bond donors (Lipinski definition) is 3. The summed E-state index contributed by atoms with van der Waals surface area (Å²) in [5.74, 6) is 0.517. The van der Waals surface area contributed by atoms with Gasteiger partial charge in [0.1, 0.15) is 23.0 Å². The lowest BCUT2D eigenvalue weighted by atomic mass is 10.1. The molecule has 3 heterocycles. The Morgan fingerprint density at radius 3 is 2.66 bits per heavy atom. The van der Waals surface area contributed by atoms with Gasteiger partial charge in [-0.2, -0.15) is 5.10 Å². The fourth-order valence-electron chi connectivity index (χ4n) is 4.01. The molecule has 5 aromatic rings. The molecule has 11 nitrogen and oxygen atoms in total. The van der Waals surface area contributed by atoms with Crippen LogP contribution in [0.15, 0.2) is 61.1 Å². The number of carbonyl (C=O) groups excluding carboxylic acids is 1. The molecule has 0 spiro atoms. The molecule has 0 aliphatic carbocycles. The minimum Gasteiger partial charge on any atom is -0.334 e. The normalized spacial score (nSPS) is 11.9. The highest BCUT2D eigenvalue weighted by atomic mass is 35.5. The molecule has 0 bridgehead atoms. The highest BCUT2D eigenvalue weighted by Crippen LogP contribution is 2.28. The number of aromatic nitrogens is 8. The standard InChI is InChI=1S/C25H24Cl2N10O/c1-15-3-5-16(6-4-15)22-23(27)32-24(31-22)20(12-19-9-10-36(2)33-19)30-25(38)28-13-17-11-18(26)7-8-21(17)37-14-29-34-35-37/h3-11,14,20H,12-13H2,1-2H3,(H,31,32)(H2,28,30,38)/t20-/m0/s1. The zero-order valence-corrected chi connectivity index (χ0v) is 22.1. The number of hydrogen-bond acceptors (Lipinski definition) is 6. The van der Waals surface area contributed by atoms with E-state index in [2.05, 4.69) is 36.2 Å². The summed E-state index contributed by atoms with van der Waals surface area (Å²) in [6.45, 7) is 2.20. The molecule has 3 aromatic heterocycles. The second-order valence-corrected chi connectivity index (χ2v) is 9.56. The number of tetrazole rings is 1. The van der Waals surface area contributed by atoms with E-state index >= 15 is 0 Å². The molecule has 3 N–H and O–H groups in total. The Labute approximate surface area is 228 Å². The van der Waals surface area contributed by atoms with E-state index in [0.717, 1.165) is 22.4 Å². The van der Waals surface area contributed by atoms with Crippen molar-refractivity contribution >= 4 is 29.2 Å². The molecule has 5 rings (SSSR count). The van der Waals surface area contributed by atoms with E-state index in [4.69, 9.17) is 28.2 Å². The lowest BCUT2D eigenvalue weighted by Gasteiger charge is -2.17. The third-order valence-corrected chi connectivity index (χ3v) is 6.41. The van der Waals surface area contributed by atoms with Crippen LogP contribution in [0.4, 0.5) is 4.79 Å². The molecule has 0 saturated heterocycles. The molecule has 2 aromatic carbocycles. The fourth-order valence-corrected chi connectivity index (χ4v) is 4.45. The first-order valence-corrected chi connectivity index (χ1v) is 12.5. The van der Waals surface area contributed by atoms with Crippen LogP contribution < -0.4 is 10.6 Å². The summed E-state index contributed by atoms with van der Waals surface area (Å²) < 4.78 is 3.21. The fraction of sp³-hybridized carbons (Fsp3) is 0.200. The lowest BCUT2D eigenvalue weighted by molar-refractivity contribution is 0.236. The molecule has 0 fully saturated rings. The SMILES string of the molecule is Cc1ccc(-c2nc([C@H](Cc3ccn(C)n3)NC(=O)NCc3cc(Cl)ccc3-n3cnnn3)[nH]c2Cl)cc1. The van der Waals surface area contributed by atoms with Crippen molar-refractivity contribution in [2.24, 2.45) is 7.05 Å². The Hall–Kier alpha value is -4.22. The predicted octanol–water partition coefficient (Wildman–Crippen LogP) is 4.18. The Morgan fingerprint density at radius 1 is 1.13 bits per heavy atom. The Kier molecular flexibility index (Phi) is 7.38.